The van der Waals surface area contributed by atoms with Gasteiger partial charge in [0.2, 0.25) is 0 Å². The molecule has 0 aliphatic carbocycles. The molecule has 2 aliphatic heterocycles. The molecule has 0 spiro atoms. The van der Waals surface area contributed by atoms with Gasteiger partial charge >= 0.3 is 0 Å². The predicted molar refractivity (Wildman–Crippen MR) is 88.6 cm³/mol. The van der Waals surface area contributed by atoms with Gasteiger partial charge in [0.25, 0.3) is 0 Å². The van der Waals surface area contributed by atoms with E-state index in [1.165, 1.54) is 12.1 Å². The van der Waals surface area contributed by atoms with Crippen LogP contribution < -0.4 is 5.32 Å². The molecule has 2 aromatic rings. The molecule has 2 N–H and O–H groups in total. The van der Waals surface area contributed by atoms with Crippen LogP contribution in [-0.4, -0.2) is 29.0 Å². The normalized spacial score (nSPS) is 23.6. The van der Waals surface area contributed by atoms with Crippen LogP contribution in [0, 0.1) is 34.8 Å². The zero-order valence-electron chi connectivity index (χ0n) is 13.5. The van der Waals surface area contributed by atoms with Gasteiger partial charge in [0, 0.05) is 28.7 Å². The third-order valence-corrected chi connectivity index (χ3v) is 5.09. The second-order valence-corrected chi connectivity index (χ2v) is 6.46. The molecule has 1 aromatic heterocycles. The van der Waals surface area contributed by atoms with Crippen molar-refractivity contribution < 1.29 is 8.78 Å². The number of benzene rings is 1. The van der Waals surface area contributed by atoms with E-state index in [4.69, 9.17) is 0 Å². The van der Waals surface area contributed by atoms with E-state index in [9.17, 15) is 14.0 Å². The van der Waals surface area contributed by atoms with Crippen LogP contribution in [0.25, 0.3) is 0 Å². The molecular weight excluding hydrogens is 324 g/mol. The van der Waals surface area contributed by atoms with E-state index in [1.54, 1.807) is 6.20 Å². The SMILES string of the molecule is N#CC1C(C2CCNCC2)=Nc2[nH]ncc2C1c1cccc(F)c1F. The number of aromatic amines is 1. The maximum atomic E-state index is 14.5. The van der Waals surface area contributed by atoms with E-state index in [2.05, 4.69) is 26.6 Å². The van der Waals surface area contributed by atoms with Crippen LogP contribution >= 0.6 is 0 Å². The van der Waals surface area contributed by atoms with Crippen LogP contribution in [0.15, 0.2) is 29.4 Å². The van der Waals surface area contributed by atoms with Gasteiger partial charge < -0.3 is 5.32 Å². The number of nitrogens with one attached hydrogen (secondary N) is 2. The molecule has 0 bridgehead atoms. The first-order chi connectivity index (χ1) is 12.2. The van der Waals surface area contributed by atoms with Crippen LogP contribution in [0.2, 0.25) is 0 Å². The molecule has 3 heterocycles. The zero-order valence-corrected chi connectivity index (χ0v) is 13.5. The topological polar surface area (TPSA) is 76.9 Å². The first-order valence-electron chi connectivity index (χ1n) is 8.36. The Labute approximate surface area is 143 Å². The third kappa shape index (κ3) is 2.63. The van der Waals surface area contributed by atoms with E-state index in [1.807, 2.05) is 0 Å². The highest BCUT2D eigenvalue weighted by molar-refractivity contribution is 5.96. The zero-order chi connectivity index (χ0) is 17.4. The van der Waals surface area contributed by atoms with Crippen molar-refractivity contribution in [3.8, 4) is 6.07 Å². The Bertz CT molecular complexity index is 861. The summed E-state index contributed by atoms with van der Waals surface area (Å²) in [6, 6.07) is 6.39. The molecule has 5 nitrogen and oxygen atoms in total. The standard InChI is InChI=1S/C18H17F2N5/c19-14-3-1-2-11(16(14)20)15-12(8-21)17(10-4-6-22-7-5-10)24-18-13(15)9-23-25-18/h1-3,9-10,12,15,22H,4-7H2,(H,23,25). The molecule has 0 radical (unpaired) electrons. The molecule has 2 atom stereocenters. The Morgan fingerprint density at radius 2 is 1.96 bits per heavy atom. The summed E-state index contributed by atoms with van der Waals surface area (Å²) in [5.74, 6) is -2.38. The van der Waals surface area contributed by atoms with E-state index >= 15 is 0 Å². The number of nitrogens with zero attached hydrogens (tertiary/aromatic N) is 3. The molecule has 0 saturated carbocycles. The quantitative estimate of drug-likeness (QED) is 0.881. The van der Waals surface area contributed by atoms with Crippen LogP contribution in [0.5, 0.6) is 0 Å². The molecule has 1 saturated heterocycles. The minimum absolute atomic E-state index is 0.154. The number of hydrogen-bond acceptors (Lipinski definition) is 4. The maximum absolute atomic E-state index is 14.5. The van der Waals surface area contributed by atoms with Gasteiger partial charge in [-0.3, -0.25) is 5.10 Å². The van der Waals surface area contributed by atoms with E-state index in [0.717, 1.165) is 37.7 Å². The Morgan fingerprint density at radius 3 is 2.72 bits per heavy atom. The fraction of sp³-hybridized carbons (Fsp3) is 0.389. The summed E-state index contributed by atoms with van der Waals surface area (Å²) in [5.41, 5.74) is 1.55. The monoisotopic (exact) mass is 341 g/mol. The lowest BCUT2D eigenvalue weighted by Crippen LogP contribution is -2.37. The first kappa shape index (κ1) is 15.9. The lowest BCUT2D eigenvalue weighted by atomic mass is 9.73. The fourth-order valence-corrected chi connectivity index (χ4v) is 3.87. The average Bonchev–Trinajstić information content (AvgIpc) is 3.11. The molecule has 7 heteroatoms. The van der Waals surface area contributed by atoms with Crippen molar-refractivity contribution in [3.63, 3.8) is 0 Å². The first-order valence-corrected chi connectivity index (χ1v) is 8.36. The minimum Gasteiger partial charge on any atom is -0.317 e. The Balaban J connectivity index is 1.85. The van der Waals surface area contributed by atoms with Crippen molar-refractivity contribution in [3.05, 3.63) is 47.2 Å². The second kappa shape index (κ2) is 6.37. The molecule has 1 fully saturated rings. The Morgan fingerprint density at radius 1 is 1.16 bits per heavy atom. The number of fused-ring (bicyclic) bond motifs is 1. The number of rotatable bonds is 2. The van der Waals surface area contributed by atoms with Gasteiger partial charge in [0.1, 0.15) is 0 Å². The van der Waals surface area contributed by atoms with E-state index in [-0.39, 0.29) is 11.5 Å². The van der Waals surface area contributed by atoms with Gasteiger partial charge in [-0.1, -0.05) is 12.1 Å². The minimum atomic E-state index is -0.912. The number of aliphatic imine (C=N–C) groups is 1. The lowest BCUT2D eigenvalue weighted by Gasteiger charge is -2.33. The molecule has 2 aliphatic rings. The summed E-state index contributed by atoms with van der Waals surface area (Å²) < 4.78 is 28.3. The Kier molecular flexibility index (Phi) is 4.06. The van der Waals surface area contributed by atoms with Crippen LogP contribution in [0.3, 0.4) is 0 Å². The molecule has 128 valence electrons. The molecule has 4 rings (SSSR count). The summed E-state index contributed by atoms with van der Waals surface area (Å²) in [4.78, 5) is 4.64. The van der Waals surface area contributed by atoms with E-state index < -0.39 is 23.5 Å². The van der Waals surface area contributed by atoms with E-state index in [0.29, 0.717) is 11.4 Å². The molecule has 2 unspecified atom stereocenters. The van der Waals surface area contributed by atoms with Gasteiger partial charge in [0.05, 0.1) is 18.2 Å². The smallest absolute Gasteiger partial charge is 0.162 e. The van der Waals surface area contributed by atoms with Crippen molar-refractivity contribution in [2.75, 3.05) is 13.1 Å². The number of H-pyrrole nitrogens is 1. The van der Waals surface area contributed by atoms with Crippen molar-refractivity contribution in [2.24, 2.45) is 16.8 Å². The lowest BCUT2D eigenvalue weighted by molar-refractivity contribution is 0.440. The highest BCUT2D eigenvalue weighted by Gasteiger charge is 2.40. The molecular formula is C18H17F2N5. The molecule has 25 heavy (non-hydrogen) atoms. The van der Waals surface area contributed by atoms with Crippen LogP contribution in [0.4, 0.5) is 14.6 Å². The summed E-state index contributed by atoms with van der Waals surface area (Å²) in [7, 11) is 0. The molecule has 1 aromatic carbocycles. The summed E-state index contributed by atoms with van der Waals surface area (Å²) in [5, 5.41) is 20.0. The second-order valence-electron chi connectivity index (χ2n) is 6.46. The summed E-state index contributed by atoms with van der Waals surface area (Å²) in [6.45, 7) is 1.72. The molecule has 0 amide bonds. The number of hydrogen-bond donors (Lipinski definition) is 2. The van der Waals surface area contributed by atoms with Crippen molar-refractivity contribution in [1.29, 1.82) is 5.26 Å². The van der Waals surface area contributed by atoms with Gasteiger partial charge in [-0.15, -0.1) is 0 Å². The van der Waals surface area contributed by atoms with Crippen molar-refractivity contribution in [1.82, 2.24) is 15.5 Å². The van der Waals surface area contributed by atoms with Gasteiger partial charge in [-0.05, 0) is 32.0 Å². The van der Waals surface area contributed by atoms with Crippen LogP contribution in [0.1, 0.15) is 29.9 Å². The Hall–Kier alpha value is -2.59. The van der Waals surface area contributed by atoms with Crippen LogP contribution in [-0.2, 0) is 0 Å². The third-order valence-electron chi connectivity index (χ3n) is 5.09. The van der Waals surface area contributed by atoms with Crippen molar-refractivity contribution >= 4 is 11.5 Å². The number of aromatic nitrogens is 2. The predicted octanol–water partition coefficient (Wildman–Crippen LogP) is 3.05. The summed E-state index contributed by atoms with van der Waals surface area (Å²) in [6.07, 6.45) is 3.30. The average molecular weight is 341 g/mol. The maximum Gasteiger partial charge on any atom is 0.162 e. The number of nitriles is 1. The number of halogens is 2. The summed E-state index contributed by atoms with van der Waals surface area (Å²) >= 11 is 0. The number of piperidine rings is 1. The fourth-order valence-electron chi connectivity index (χ4n) is 3.87. The highest BCUT2D eigenvalue weighted by atomic mass is 19.2. The van der Waals surface area contributed by atoms with Crippen molar-refractivity contribution in [2.45, 2.75) is 18.8 Å². The van der Waals surface area contributed by atoms with Gasteiger partial charge in [0.15, 0.2) is 17.5 Å². The van der Waals surface area contributed by atoms with Gasteiger partial charge in [-0.25, -0.2) is 13.8 Å². The highest BCUT2D eigenvalue weighted by Crippen LogP contribution is 2.44. The largest absolute Gasteiger partial charge is 0.317 e. The van der Waals surface area contributed by atoms with Gasteiger partial charge in [-0.2, -0.15) is 10.4 Å².